The Labute approximate surface area is 183 Å². The van der Waals surface area contributed by atoms with Crippen LogP contribution < -0.4 is 5.32 Å². The Morgan fingerprint density at radius 1 is 1.33 bits per heavy atom. The van der Waals surface area contributed by atoms with Crippen LogP contribution in [0.25, 0.3) is 0 Å². The van der Waals surface area contributed by atoms with Crippen LogP contribution in [0.2, 0.25) is 5.02 Å². The second-order valence-electron chi connectivity index (χ2n) is 6.71. The van der Waals surface area contributed by atoms with Crippen molar-refractivity contribution in [2.24, 2.45) is 0 Å². The molecule has 0 aliphatic heterocycles. The van der Waals surface area contributed by atoms with Gasteiger partial charge in [0.25, 0.3) is 5.69 Å². The quantitative estimate of drug-likeness (QED) is 0.413. The summed E-state index contributed by atoms with van der Waals surface area (Å²) in [7, 11) is -0.488. The maximum absolute atomic E-state index is 13.1. The minimum atomic E-state index is -4.18. The molecule has 30 heavy (non-hydrogen) atoms. The van der Waals surface area contributed by atoms with Gasteiger partial charge in [0.1, 0.15) is 5.02 Å². The highest BCUT2D eigenvalue weighted by atomic mass is 35.5. The van der Waals surface area contributed by atoms with Crippen molar-refractivity contribution in [3.8, 4) is 0 Å². The Morgan fingerprint density at radius 3 is 2.60 bits per heavy atom. The van der Waals surface area contributed by atoms with Gasteiger partial charge < -0.3 is 10.2 Å². The molecule has 0 atom stereocenters. The van der Waals surface area contributed by atoms with Crippen LogP contribution in [-0.4, -0.2) is 67.2 Å². The number of hydrogen-bond donors (Lipinski definition) is 1. The Bertz CT molecular complexity index is 1030. The van der Waals surface area contributed by atoms with Gasteiger partial charge in [-0.2, -0.15) is 4.31 Å². The van der Waals surface area contributed by atoms with Crippen molar-refractivity contribution in [2.45, 2.75) is 18.2 Å². The van der Waals surface area contributed by atoms with E-state index < -0.39 is 33.1 Å². The van der Waals surface area contributed by atoms with E-state index in [-0.39, 0.29) is 16.5 Å². The molecule has 0 bridgehead atoms. The maximum atomic E-state index is 13.1. The molecule has 2 rings (SSSR count). The number of carbonyl (C=O) groups is 1. The molecule has 0 spiro atoms. The first kappa shape index (κ1) is 24.2. The molecule has 0 unspecified atom stereocenters. The number of nitrogens with zero attached hydrogens (tertiary/aromatic N) is 4. The highest BCUT2D eigenvalue weighted by molar-refractivity contribution is 7.89. The summed E-state index contributed by atoms with van der Waals surface area (Å²) in [5.41, 5.74) is 0.216. The third kappa shape index (κ3) is 6.44. The fourth-order valence-corrected chi connectivity index (χ4v) is 4.87. The number of aromatic nitrogens is 1. The molecule has 10 nitrogen and oxygen atoms in total. The Hall–Kier alpha value is -2.12. The van der Waals surface area contributed by atoms with Gasteiger partial charge in [-0.05, 0) is 46.1 Å². The number of nitro benzene ring substituents is 1. The van der Waals surface area contributed by atoms with E-state index in [9.17, 15) is 23.3 Å². The van der Waals surface area contributed by atoms with E-state index in [1.807, 2.05) is 19.0 Å². The first-order valence-corrected chi connectivity index (χ1v) is 11.5. The van der Waals surface area contributed by atoms with Crippen molar-refractivity contribution in [1.82, 2.24) is 14.2 Å². The Morgan fingerprint density at radius 2 is 2.03 bits per heavy atom. The predicted octanol–water partition coefficient (Wildman–Crippen LogP) is 2.59. The molecule has 1 amide bonds. The van der Waals surface area contributed by atoms with E-state index in [1.54, 1.807) is 12.3 Å². The van der Waals surface area contributed by atoms with Crippen molar-refractivity contribution in [3.63, 3.8) is 0 Å². The van der Waals surface area contributed by atoms with Crippen LogP contribution in [0.3, 0.4) is 0 Å². The molecule has 0 radical (unpaired) electrons. The molecule has 164 valence electrons. The summed E-state index contributed by atoms with van der Waals surface area (Å²) >= 11 is 7.02. The molecule has 13 heteroatoms. The number of rotatable bonds is 10. The topological polar surface area (TPSA) is 126 Å². The Kier molecular flexibility index (Phi) is 8.26. The summed E-state index contributed by atoms with van der Waals surface area (Å²) in [6.07, 6.45) is 0.464. The number of carbonyl (C=O) groups excluding carboxylic acids is 1. The number of sulfonamides is 1. The molecule has 1 aromatic carbocycles. The standard InChI is InChI=1S/C17H22ClN5O5S2/c1-12-11-29-17(19-12)20-16(24)10-22(8-4-7-21(2)3)30(27,28)13-5-6-14(18)15(9-13)23(25)26/h5-6,9,11H,4,7-8,10H2,1-3H3,(H,19,20,24). The molecule has 0 aliphatic carbocycles. The van der Waals surface area contributed by atoms with Crippen LogP contribution in [0.1, 0.15) is 12.1 Å². The molecular formula is C17H22ClN5O5S2. The second kappa shape index (κ2) is 10.3. The van der Waals surface area contributed by atoms with Gasteiger partial charge in [-0.3, -0.25) is 14.9 Å². The lowest BCUT2D eigenvalue weighted by molar-refractivity contribution is -0.384. The van der Waals surface area contributed by atoms with E-state index in [0.717, 1.165) is 22.1 Å². The minimum Gasteiger partial charge on any atom is -0.309 e. The van der Waals surface area contributed by atoms with Gasteiger partial charge in [0.05, 0.1) is 22.1 Å². The van der Waals surface area contributed by atoms with Gasteiger partial charge in [-0.1, -0.05) is 11.6 Å². The number of benzene rings is 1. The van der Waals surface area contributed by atoms with E-state index in [4.69, 9.17) is 11.6 Å². The molecule has 1 heterocycles. The molecule has 0 saturated heterocycles. The van der Waals surface area contributed by atoms with Crippen LogP contribution in [0, 0.1) is 17.0 Å². The van der Waals surface area contributed by atoms with Crippen molar-refractivity contribution in [2.75, 3.05) is 39.0 Å². The highest BCUT2D eigenvalue weighted by Gasteiger charge is 2.29. The average molecular weight is 476 g/mol. The van der Waals surface area contributed by atoms with E-state index in [1.165, 1.54) is 17.4 Å². The fourth-order valence-electron chi connectivity index (χ4n) is 2.52. The molecule has 0 aliphatic rings. The van der Waals surface area contributed by atoms with Crippen molar-refractivity contribution < 1.29 is 18.1 Å². The highest BCUT2D eigenvalue weighted by Crippen LogP contribution is 2.28. The summed E-state index contributed by atoms with van der Waals surface area (Å²) in [5, 5.41) is 15.7. The summed E-state index contributed by atoms with van der Waals surface area (Å²) in [5.74, 6) is -0.554. The average Bonchev–Trinajstić information content (AvgIpc) is 3.05. The van der Waals surface area contributed by atoms with Crippen LogP contribution in [-0.2, 0) is 14.8 Å². The number of anilines is 1. The number of halogens is 1. The third-order valence-corrected chi connectivity index (χ3v) is 6.99. The monoisotopic (exact) mass is 475 g/mol. The molecule has 0 saturated carbocycles. The van der Waals surface area contributed by atoms with Crippen molar-refractivity contribution in [3.05, 3.63) is 44.4 Å². The number of nitro groups is 1. The lowest BCUT2D eigenvalue weighted by atomic mass is 10.3. The molecule has 2 aromatic rings. The summed E-state index contributed by atoms with van der Waals surface area (Å²) in [6, 6.07) is 3.24. The summed E-state index contributed by atoms with van der Waals surface area (Å²) in [6.45, 7) is 1.98. The SMILES string of the molecule is Cc1csc(NC(=O)CN(CCCN(C)C)S(=O)(=O)c2ccc(Cl)c([N+](=O)[O-])c2)n1. The normalized spacial score (nSPS) is 11.8. The number of thiazole rings is 1. The maximum Gasteiger partial charge on any atom is 0.289 e. The van der Waals surface area contributed by atoms with E-state index in [2.05, 4.69) is 10.3 Å². The third-order valence-electron chi connectivity index (χ3n) is 3.95. The van der Waals surface area contributed by atoms with Gasteiger partial charge in [-0.25, -0.2) is 13.4 Å². The van der Waals surface area contributed by atoms with Gasteiger partial charge in [0, 0.05) is 18.0 Å². The first-order chi connectivity index (χ1) is 14.0. The summed E-state index contributed by atoms with van der Waals surface area (Å²) in [4.78, 5) is 28.5. The first-order valence-electron chi connectivity index (χ1n) is 8.81. The van der Waals surface area contributed by atoms with Crippen molar-refractivity contribution >= 4 is 49.7 Å². The molecule has 1 aromatic heterocycles. The lowest BCUT2D eigenvalue weighted by Gasteiger charge is -2.22. The van der Waals surface area contributed by atoms with Gasteiger partial charge in [-0.15, -0.1) is 11.3 Å². The van der Waals surface area contributed by atoms with E-state index >= 15 is 0 Å². The number of nitrogens with one attached hydrogen (secondary N) is 1. The van der Waals surface area contributed by atoms with Crippen LogP contribution >= 0.6 is 22.9 Å². The summed E-state index contributed by atoms with van der Waals surface area (Å²) < 4.78 is 27.3. The predicted molar refractivity (Wildman–Crippen MR) is 116 cm³/mol. The van der Waals surface area contributed by atoms with Gasteiger partial charge in [0.2, 0.25) is 15.9 Å². The number of hydrogen-bond acceptors (Lipinski definition) is 8. The number of aryl methyl sites for hydroxylation is 1. The second-order valence-corrected chi connectivity index (χ2v) is 9.91. The Balaban J connectivity index is 2.28. The minimum absolute atomic E-state index is 0.0568. The van der Waals surface area contributed by atoms with E-state index in [0.29, 0.717) is 18.1 Å². The van der Waals surface area contributed by atoms with Crippen molar-refractivity contribution in [1.29, 1.82) is 0 Å². The zero-order valence-corrected chi connectivity index (χ0v) is 19.1. The molecular weight excluding hydrogens is 454 g/mol. The zero-order valence-electron chi connectivity index (χ0n) is 16.7. The van der Waals surface area contributed by atoms with Crippen LogP contribution in [0.4, 0.5) is 10.8 Å². The fraction of sp³-hybridized carbons (Fsp3) is 0.412. The van der Waals surface area contributed by atoms with Crippen LogP contribution in [0.15, 0.2) is 28.5 Å². The lowest BCUT2D eigenvalue weighted by Crippen LogP contribution is -2.39. The van der Waals surface area contributed by atoms with Crippen LogP contribution in [0.5, 0.6) is 0 Å². The molecule has 0 fully saturated rings. The smallest absolute Gasteiger partial charge is 0.289 e. The van der Waals surface area contributed by atoms with Gasteiger partial charge in [0.15, 0.2) is 5.13 Å². The number of amides is 1. The molecule has 1 N–H and O–H groups in total. The largest absolute Gasteiger partial charge is 0.309 e. The zero-order chi connectivity index (χ0) is 22.5. The van der Waals surface area contributed by atoms with Gasteiger partial charge >= 0.3 is 0 Å².